The first kappa shape index (κ1) is 60.0. The van der Waals surface area contributed by atoms with Crippen LogP contribution in [0, 0.1) is 0 Å². The van der Waals surface area contributed by atoms with E-state index in [2.05, 4.69) is 148 Å². The second-order valence-electron chi connectivity index (χ2n) is 16.3. The maximum atomic E-state index is 12.8. The van der Waals surface area contributed by atoms with Crippen LogP contribution in [0.3, 0.4) is 0 Å². The van der Waals surface area contributed by atoms with Crippen molar-refractivity contribution in [3.63, 3.8) is 0 Å². The summed E-state index contributed by atoms with van der Waals surface area (Å²) >= 11 is 0. The molecule has 5 heteroatoms. The molecule has 0 heterocycles. The summed E-state index contributed by atoms with van der Waals surface area (Å²) in [4.78, 5) is 25.3. The molecule has 0 aliphatic heterocycles. The van der Waals surface area contributed by atoms with Crippen LogP contribution in [0.5, 0.6) is 0 Å². The van der Waals surface area contributed by atoms with E-state index in [1.807, 2.05) is 6.08 Å². The second kappa shape index (κ2) is 53.4. The molecule has 0 spiro atoms. The number of unbranched alkanes of at least 4 members (excludes halogenated alkanes) is 12. The number of rotatable bonds is 45. The number of hydrogen-bond acceptors (Lipinski definition) is 5. The van der Waals surface area contributed by atoms with Gasteiger partial charge < -0.3 is 14.2 Å². The molecule has 0 aliphatic carbocycles. The van der Waals surface area contributed by atoms with Gasteiger partial charge in [0.2, 0.25) is 0 Å². The lowest BCUT2D eigenvalue weighted by Crippen LogP contribution is -2.30. The molecule has 64 heavy (non-hydrogen) atoms. The summed E-state index contributed by atoms with van der Waals surface area (Å²) < 4.78 is 17.3. The zero-order chi connectivity index (χ0) is 46.3. The van der Waals surface area contributed by atoms with Crippen LogP contribution < -0.4 is 0 Å². The van der Waals surface area contributed by atoms with E-state index in [9.17, 15) is 9.59 Å². The van der Waals surface area contributed by atoms with Crippen molar-refractivity contribution in [3.8, 4) is 0 Å². The van der Waals surface area contributed by atoms with Crippen LogP contribution in [0.15, 0.2) is 134 Å². The smallest absolute Gasteiger partial charge is 0.306 e. The Kier molecular flexibility index (Phi) is 50.1. The highest BCUT2D eigenvalue weighted by Gasteiger charge is 2.17. The molecule has 0 aromatic heterocycles. The number of esters is 2. The number of carbonyl (C=O) groups excluding carboxylic acids is 2. The van der Waals surface area contributed by atoms with E-state index in [0.29, 0.717) is 19.4 Å². The first-order valence-electron chi connectivity index (χ1n) is 25.7. The third kappa shape index (κ3) is 50.7. The molecule has 0 aromatic carbocycles. The topological polar surface area (TPSA) is 61.8 Å². The van der Waals surface area contributed by atoms with Crippen molar-refractivity contribution in [1.29, 1.82) is 0 Å². The number of allylic oxidation sites excluding steroid dienone is 22. The van der Waals surface area contributed by atoms with Crippen LogP contribution in [-0.4, -0.2) is 37.9 Å². The Morgan fingerprint density at radius 1 is 0.344 bits per heavy atom. The minimum atomic E-state index is -0.597. The van der Waals surface area contributed by atoms with Crippen molar-refractivity contribution in [2.45, 2.75) is 207 Å². The normalized spacial score (nSPS) is 13.4. The molecule has 0 saturated carbocycles. The van der Waals surface area contributed by atoms with E-state index in [1.165, 1.54) is 44.9 Å². The Morgan fingerprint density at radius 2 is 0.688 bits per heavy atom. The van der Waals surface area contributed by atoms with Crippen molar-refractivity contribution in [2.24, 2.45) is 0 Å². The highest BCUT2D eigenvalue weighted by Crippen LogP contribution is 2.12. The van der Waals surface area contributed by atoms with Crippen LogP contribution in [0.25, 0.3) is 0 Å². The Morgan fingerprint density at radius 3 is 1.11 bits per heavy atom. The third-order valence-electron chi connectivity index (χ3n) is 10.2. The summed E-state index contributed by atoms with van der Waals surface area (Å²) in [6, 6.07) is 0. The molecule has 0 rings (SSSR count). The van der Waals surface area contributed by atoms with Gasteiger partial charge in [-0.25, -0.2) is 0 Å². The fourth-order valence-electron chi connectivity index (χ4n) is 6.47. The first-order valence-corrected chi connectivity index (χ1v) is 25.7. The Hall–Kier alpha value is -3.96. The van der Waals surface area contributed by atoms with Gasteiger partial charge in [-0.05, 0) is 116 Å². The molecule has 1 unspecified atom stereocenters. The van der Waals surface area contributed by atoms with E-state index < -0.39 is 6.10 Å². The van der Waals surface area contributed by atoms with Crippen LogP contribution in [-0.2, 0) is 23.8 Å². The minimum absolute atomic E-state index is 0.0341. The molecular formula is C59H94O5. The van der Waals surface area contributed by atoms with Gasteiger partial charge in [-0.1, -0.05) is 206 Å². The van der Waals surface area contributed by atoms with Gasteiger partial charge in [-0.3, -0.25) is 9.59 Å². The molecule has 1 atom stereocenters. The average molecular weight is 883 g/mol. The molecule has 0 saturated heterocycles. The molecule has 0 N–H and O–H groups in total. The molecule has 0 aliphatic rings. The minimum Gasteiger partial charge on any atom is -0.462 e. The molecule has 0 radical (unpaired) electrons. The first-order chi connectivity index (χ1) is 31.6. The van der Waals surface area contributed by atoms with Crippen molar-refractivity contribution in [3.05, 3.63) is 134 Å². The van der Waals surface area contributed by atoms with Crippen molar-refractivity contribution in [1.82, 2.24) is 0 Å². The summed E-state index contributed by atoms with van der Waals surface area (Å²) in [5, 5.41) is 0. The standard InChI is InChI=1S/C59H94O5/c1-4-7-10-13-16-19-22-25-27-28-29-30-31-33-36-39-42-45-48-51-54-62-55-57(64-59(61)53-50-47-44-41-38-34-24-21-18-15-12-9-6-3)56-63-58(60)52-49-46-43-40-37-35-32-26-23-20-17-14-11-8-5-2/h7-12,16-21,25-27,29-30,32,34,38,44,47,57H,4-6,13-15,22-24,28,31,33,35-37,39-43,45-46,48-56H2,1-3H3/b10-7-,11-8-,12-9-,19-16-,20-17-,21-18-,27-25-,30-29-,32-26-,38-34-,47-44-. The van der Waals surface area contributed by atoms with E-state index in [-0.39, 0.29) is 31.6 Å². The maximum Gasteiger partial charge on any atom is 0.306 e. The molecule has 5 nitrogen and oxygen atoms in total. The van der Waals surface area contributed by atoms with Crippen molar-refractivity contribution in [2.75, 3.05) is 19.8 Å². The summed E-state index contributed by atoms with van der Waals surface area (Å²) in [7, 11) is 0. The van der Waals surface area contributed by atoms with Crippen LogP contribution in [0.2, 0.25) is 0 Å². The van der Waals surface area contributed by atoms with Gasteiger partial charge in [-0.2, -0.15) is 0 Å². The van der Waals surface area contributed by atoms with Crippen molar-refractivity contribution < 1.29 is 23.8 Å². The van der Waals surface area contributed by atoms with E-state index in [1.54, 1.807) is 0 Å². The molecule has 360 valence electrons. The summed E-state index contributed by atoms with van der Waals surface area (Å²) in [6.07, 6.45) is 76.2. The average Bonchev–Trinajstić information content (AvgIpc) is 3.30. The summed E-state index contributed by atoms with van der Waals surface area (Å²) in [5.41, 5.74) is 0. The lowest BCUT2D eigenvalue weighted by molar-refractivity contribution is -0.162. The predicted octanol–water partition coefficient (Wildman–Crippen LogP) is 17.6. The molecule has 0 aromatic rings. The maximum absolute atomic E-state index is 12.8. The van der Waals surface area contributed by atoms with Crippen LogP contribution in [0.1, 0.15) is 201 Å². The van der Waals surface area contributed by atoms with Gasteiger partial charge in [0, 0.05) is 19.4 Å². The van der Waals surface area contributed by atoms with Crippen LogP contribution in [0.4, 0.5) is 0 Å². The fraction of sp³-hybridized carbons (Fsp3) is 0.593. The monoisotopic (exact) mass is 883 g/mol. The number of hydrogen-bond donors (Lipinski definition) is 0. The van der Waals surface area contributed by atoms with E-state index in [0.717, 1.165) is 116 Å². The molecule has 0 bridgehead atoms. The van der Waals surface area contributed by atoms with Crippen LogP contribution >= 0.6 is 0 Å². The molecular weight excluding hydrogens is 789 g/mol. The second-order valence-corrected chi connectivity index (χ2v) is 16.3. The largest absolute Gasteiger partial charge is 0.462 e. The third-order valence-corrected chi connectivity index (χ3v) is 10.2. The van der Waals surface area contributed by atoms with Gasteiger partial charge >= 0.3 is 11.9 Å². The zero-order valence-electron chi connectivity index (χ0n) is 41.2. The fourth-order valence-corrected chi connectivity index (χ4v) is 6.47. The highest BCUT2D eigenvalue weighted by molar-refractivity contribution is 5.70. The van der Waals surface area contributed by atoms with E-state index >= 15 is 0 Å². The summed E-state index contributed by atoms with van der Waals surface area (Å²) in [5.74, 6) is -0.527. The van der Waals surface area contributed by atoms with Crippen molar-refractivity contribution >= 4 is 11.9 Å². The SMILES string of the molecule is CC/C=C\C/C=C\C/C=C\C/C=C\CCCCCCCCCOCC(COC(=O)CCCCCCC/C=C\C/C=C\C/C=C\CC)OC(=O)CC/C=C\C/C=C\C/C=C\C/C=C\CC. The van der Waals surface area contributed by atoms with E-state index in [4.69, 9.17) is 14.2 Å². The highest BCUT2D eigenvalue weighted by atomic mass is 16.6. The van der Waals surface area contributed by atoms with Gasteiger partial charge in [0.25, 0.3) is 0 Å². The Bertz CT molecular complexity index is 1370. The quantitative estimate of drug-likeness (QED) is 0.0346. The lowest BCUT2D eigenvalue weighted by Gasteiger charge is -2.18. The lowest BCUT2D eigenvalue weighted by atomic mass is 10.1. The van der Waals surface area contributed by atoms with Gasteiger partial charge in [-0.15, -0.1) is 0 Å². The molecule has 0 amide bonds. The number of ether oxygens (including phenoxy) is 3. The Balaban J connectivity index is 4.40. The molecule has 0 fully saturated rings. The summed E-state index contributed by atoms with van der Waals surface area (Å²) in [6.45, 7) is 7.35. The number of carbonyl (C=O) groups is 2. The van der Waals surface area contributed by atoms with Gasteiger partial charge in [0.15, 0.2) is 6.10 Å². The van der Waals surface area contributed by atoms with Gasteiger partial charge in [0.1, 0.15) is 6.61 Å². The Labute approximate surface area is 394 Å². The van der Waals surface area contributed by atoms with Gasteiger partial charge in [0.05, 0.1) is 6.61 Å². The predicted molar refractivity (Wildman–Crippen MR) is 278 cm³/mol. The zero-order valence-corrected chi connectivity index (χ0v) is 41.2.